The summed E-state index contributed by atoms with van der Waals surface area (Å²) in [4.78, 5) is 16.6. The van der Waals surface area contributed by atoms with Crippen LogP contribution < -0.4 is 0 Å². The van der Waals surface area contributed by atoms with Gasteiger partial charge in [0.05, 0.1) is 11.4 Å². The van der Waals surface area contributed by atoms with Gasteiger partial charge in [-0.25, -0.2) is 0 Å². The molecule has 0 aliphatic carbocycles. The topological polar surface area (TPSA) is 43.8 Å². The van der Waals surface area contributed by atoms with Gasteiger partial charge in [-0.05, 0) is 42.3 Å². The molecule has 0 unspecified atom stereocenters. The number of amides is 1. The van der Waals surface area contributed by atoms with Gasteiger partial charge in [-0.15, -0.1) is 0 Å². The van der Waals surface area contributed by atoms with Crippen LogP contribution in [0.1, 0.15) is 16.7 Å². The van der Waals surface area contributed by atoms with Crippen LogP contribution in [0.3, 0.4) is 0 Å². The molecule has 1 amide bonds. The second-order valence-electron chi connectivity index (χ2n) is 6.78. The molecule has 3 rings (SSSR count). The van der Waals surface area contributed by atoms with E-state index in [-0.39, 0.29) is 23.1 Å². The number of hydrogen-bond acceptors (Lipinski definition) is 3. The number of rotatable bonds is 4. The molecule has 0 aromatic heterocycles. The van der Waals surface area contributed by atoms with Crippen LogP contribution in [0.4, 0.5) is 0 Å². The van der Waals surface area contributed by atoms with Gasteiger partial charge in [0.1, 0.15) is 5.75 Å². The van der Waals surface area contributed by atoms with E-state index in [2.05, 4.69) is 36.2 Å². The summed E-state index contributed by atoms with van der Waals surface area (Å²) in [6.07, 6.45) is 1.23. The molecule has 1 N–H and O–H groups in total. The van der Waals surface area contributed by atoms with Crippen molar-refractivity contribution in [1.29, 1.82) is 0 Å². The quantitative estimate of drug-likeness (QED) is 0.913. The molecule has 1 aliphatic rings. The van der Waals surface area contributed by atoms with Gasteiger partial charge in [-0.1, -0.05) is 41.9 Å². The molecule has 0 radical (unpaired) electrons. The first-order valence-corrected chi connectivity index (χ1v) is 8.80. The van der Waals surface area contributed by atoms with E-state index in [4.69, 9.17) is 11.6 Å². The normalized spacial score (nSPS) is 17.2. The second-order valence-corrected chi connectivity index (χ2v) is 7.19. The van der Waals surface area contributed by atoms with Crippen molar-refractivity contribution in [3.05, 3.63) is 64.2 Å². The fourth-order valence-corrected chi connectivity index (χ4v) is 3.51. The molecule has 25 heavy (non-hydrogen) atoms. The Morgan fingerprint density at radius 3 is 2.72 bits per heavy atom. The third-order valence-corrected chi connectivity index (χ3v) is 5.20. The van der Waals surface area contributed by atoms with Crippen molar-refractivity contribution in [3.8, 4) is 5.75 Å². The van der Waals surface area contributed by atoms with Gasteiger partial charge in [0, 0.05) is 26.2 Å². The summed E-state index contributed by atoms with van der Waals surface area (Å²) in [5.74, 6) is 0.0859. The van der Waals surface area contributed by atoms with Gasteiger partial charge in [0.2, 0.25) is 5.91 Å². The van der Waals surface area contributed by atoms with Crippen LogP contribution in [0.25, 0.3) is 0 Å². The molecule has 5 heteroatoms. The number of benzene rings is 2. The minimum atomic E-state index is 0.0358. The molecule has 2 aromatic rings. The SMILES string of the molecule is CN(C[C@@H]1Cc2ccccc2CN1C)C(=O)Cc1ccc(O)c(Cl)c1. The highest BCUT2D eigenvalue weighted by molar-refractivity contribution is 6.32. The van der Waals surface area contributed by atoms with Gasteiger partial charge in [-0.3, -0.25) is 9.69 Å². The Kier molecular flexibility index (Phi) is 5.30. The van der Waals surface area contributed by atoms with Gasteiger partial charge in [-0.2, -0.15) is 0 Å². The number of fused-ring (bicyclic) bond motifs is 1. The van der Waals surface area contributed by atoms with Crippen LogP contribution in [0.5, 0.6) is 5.75 Å². The smallest absolute Gasteiger partial charge is 0.226 e. The predicted octanol–water partition coefficient (Wildman–Crippen LogP) is 3.10. The zero-order valence-electron chi connectivity index (χ0n) is 14.6. The predicted molar refractivity (Wildman–Crippen MR) is 99.9 cm³/mol. The number of phenols is 1. The van der Waals surface area contributed by atoms with Crippen molar-refractivity contribution in [3.63, 3.8) is 0 Å². The number of phenolic OH excluding ortho intramolecular Hbond substituents is 1. The monoisotopic (exact) mass is 358 g/mol. The molecule has 1 aliphatic heterocycles. The summed E-state index contributed by atoms with van der Waals surface area (Å²) in [6, 6.07) is 13.7. The van der Waals surface area contributed by atoms with E-state index >= 15 is 0 Å². The third-order valence-electron chi connectivity index (χ3n) is 4.89. The van der Waals surface area contributed by atoms with Crippen LogP contribution in [0.15, 0.2) is 42.5 Å². The fourth-order valence-electron chi connectivity index (χ4n) is 3.31. The molecule has 0 fully saturated rings. The summed E-state index contributed by atoms with van der Waals surface area (Å²) in [6.45, 7) is 1.60. The van der Waals surface area contributed by atoms with Gasteiger partial charge in [0.15, 0.2) is 0 Å². The second kappa shape index (κ2) is 7.46. The van der Waals surface area contributed by atoms with E-state index in [1.165, 1.54) is 17.2 Å². The zero-order valence-corrected chi connectivity index (χ0v) is 15.3. The number of carbonyl (C=O) groups excluding carboxylic acids is 1. The van der Waals surface area contributed by atoms with Crippen molar-refractivity contribution >= 4 is 17.5 Å². The lowest BCUT2D eigenvalue weighted by molar-refractivity contribution is -0.129. The highest BCUT2D eigenvalue weighted by atomic mass is 35.5. The van der Waals surface area contributed by atoms with E-state index in [0.717, 1.165) is 18.5 Å². The van der Waals surface area contributed by atoms with Crippen LogP contribution in [0, 0.1) is 0 Å². The summed E-state index contributed by atoms with van der Waals surface area (Å²) < 4.78 is 0. The Morgan fingerprint density at radius 1 is 1.28 bits per heavy atom. The zero-order chi connectivity index (χ0) is 18.0. The Labute approximate surface area is 153 Å². The number of hydrogen-bond donors (Lipinski definition) is 1. The molecule has 0 bridgehead atoms. The maximum atomic E-state index is 12.5. The van der Waals surface area contributed by atoms with Crippen molar-refractivity contribution in [1.82, 2.24) is 9.80 Å². The van der Waals surface area contributed by atoms with Gasteiger partial charge in [0.25, 0.3) is 0 Å². The number of nitrogens with zero attached hydrogens (tertiary/aromatic N) is 2. The highest BCUT2D eigenvalue weighted by Gasteiger charge is 2.25. The van der Waals surface area contributed by atoms with Crippen molar-refractivity contribution in [2.24, 2.45) is 0 Å². The highest BCUT2D eigenvalue weighted by Crippen LogP contribution is 2.25. The largest absolute Gasteiger partial charge is 0.506 e. The van der Waals surface area contributed by atoms with Crippen LogP contribution in [-0.4, -0.2) is 47.5 Å². The molecule has 1 atom stereocenters. The third kappa shape index (κ3) is 4.14. The summed E-state index contributed by atoms with van der Waals surface area (Å²) >= 11 is 5.92. The average Bonchev–Trinajstić information content (AvgIpc) is 2.58. The van der Waals surface area contributed by atoms with E-state index in [9.17, 15) is 9.90 Å². The Hall–Kier alpha value is -2.04. The minimum Gasteiger partial charge on any atom is -0.506 e. The molecule has 4 nitrogen and oxygen atoms in total. The first-order valence-electron chi connectivity index (χ1n) is 8.42. The maximum Gasteiger partial charge on any atom is 0.226 e. The van der Waals surface area contributed by atoms with Gasteiger partial charge >= 0.3 is 0 Å². The standard InChI is InChI=1S/C20H23ClN2O2/c1-22-12-16-6-4-3-5-15(16)11-17(22)13-23(2)20(25)10-14-7-8-19(24)18(21)9-14/h3-9,17,24H,10-13H2,1-2H3/t17-/m0/s1. The summed E-state index contributed by atoms with van der Waals surface area (Å²) in [5.41, 5.74) is 3.55. The number of carbonyl (C=O) groups is 1. The molecule has 1 heterocycles. The maximum absolute atomic E-state index is 12.5. The molecule has 132 valence electrons. The number of aromatic hydroxyl groups is 1. The Bertz CT molecular complexity index is 778. The minimum absolute atomic E-state index is 0.0358. The van der Waals surface area contributed by atoms with Crippen molar-refractivity contribution in [2.75, 3.05) is 20.6 Å². The van der Waals surface area contributed by atoms with E-state index in [1.54, 1.807) is 17.0 Å². The molecule has 2 aromatic carbocycles. The van der Waals surface area contributed by atoms with Crippen LogP contribution in [0.2, 0.25) is 5.02 Å². The average molecular weight is 359 g/mol. The van der Waals surface area contributed by atoms with E-state index in [1.807, 2.05) is 7.05 Å². The molecular formula is C20H23ClN2O2. The van der Waals surface area contributed by atoms with Gasteiger partial charge < -0.3 is 10.0 Å². The summed E-state index contributed by atoms with van der Waals surface area (Å²) in [5, 5.41) is 9.75. The summed E-state index contributed by atoms with van der Waals surface area (Å²) in [7, 11) is 3.96. The van der Waals surface area contributed by atoms with Crippen molar-refractivity contribution in [2.45, 2.75) is 25.4 Å². The van der Waals surface area contributed by atoms with Crippen molar-refractivity contribution < 1.29 is 9.90 Å². The van der Waals surface area contributed by atoms with E-state index < -0.39 is 0 Å². The Morgan fingerprint density at radius 2 is 2.00 bits per heavy atom. The lowest BCUT2D eigenvalue weighted by Gasteiger charge is -2.36. The first-order chi connectivity index (χ1) is 11.9. The van der Waals surface area contributed by atoms with E-state index in [0.29, 0.717) is 12.6 Å². The first kappa shape index (κ1) is 17.8. The number of halogens is 1. The molecule has 0 spiro atoms. The van der Waals surface area contributed by atoms with Crippen LogP contribution in [-0.2, 0) is 24.2 Å². The number of likely N-dealkylation sites (N-methyl/N-ethyl adjacent to an activating group) is 2. The fraction of sp³-hybridized carbons (Fsp3) is 0.350. The lowest BCUT2D eigenvalue weighted by atomic mass is 9.94. The molecule has 0 saturated carbocycles. The lowest BCUT2D eigenvalue weighted by Crippen LogP contribution is -2.46. The van der Waals surface area contributed by atoms with Crippen LogP contribution >= 0.6 is 11.6 Å². The molecular weight excluding hydrogens is 336 g/mol. The Balaban J connectivity index is 1.62. The molecule has 0 saturated heterocycles.